The zero-order valence-electron chi connectivity index (χ0n) is 14.5. The first kappa shape index (κ1) is 20.2. The highest BCUT2D eigenvalue weighted by molar-refractivity contribution is 7.80. The predicted molar refractivity (Wildman–Crippen MR) is 101 cm³/mol. The molecule has 0 fully saturated rings. The molecule has 0 heterocycles. The number of carboxylic acids is 1. The number of aromatic carboxylic acids is 1. The number of nitrogens with zero attached hydrogens (tertiary/aromatic N) is 2. The second-order valence-corrected chi connectivity index (χ2v) is 6.15. The van der Waals surface area contributed by atoms with Gasteiger partial charge in [0.15, 0.2) is 5.11 Å². The molecule has 134 valence electrons. The van der Waals surface area contributed by atoms with Crippen LogP contribution in [-0.4, -0.2) is 51.9 Å². The Morgan fingerprint density at radius 1 is 1.33 bits per heavy atom. The number of hydrogen-bond donors (Lipinski definition) is 3. The summed E-state index contributed by atoms with van der Waals surface area (Å²) in [7, 11) is 0. The summed E-state index contributed by atoms with van der Waals surface area (Å²) in [5.74, 6) is -1.47. The maximum atomic E-state index is 11.0. The molecule has 0 spiro atoms. The fourth-order valence-corrected chi connectivity index (χ4v) is 3.01. The topological polar surface area (TPSA) is 90.0 Å². The van der Waals surface area contributed by atoms with E-state index in [9.17, 15) is 9.90 Å². The molecule has 6 nitrogen and oxygen atoms in total. The molecule has 1 aromatic carbocycles. The van der Waals surface area contributed by atoms with Gasteiger partial charge in [-0.2, -0.15) is 0 Å². The Labute approximate surface area is 148 Å². The van der Waals surface area contributed by atoms with Crippen molar-refractivity contribution in [1.29, 1.82) is 0 Å². The fraction of sp³-hybridized carbons (Fsp3) is 0.529. The molecule has 24 heavy (non-hydrogen) atoms. The van der Waals surface area contributed by atoms with Crippen LogP contribution in [0.15, 0.2) is 18.2 Å². The molecule has 0 aliphatic heterocycles. The van der Waals surface area contributed by atoms with E-state index < -0.39 is 5.97 Å². The van der Waals surface area contributed by atoms with Crippen molar-refractivity contribution in [3.8, 4) is 5.75 Å². The molecule has 0 amide bonds. The zero-order chi connectivity index (χ0) is 18.3. The van der Waals surface area contributed by atoms with Gasteiger partial charge < -0.3 is 25.7 Å². The Morgan fingerprint density at radius 3 is 2.42 bits per heavy atom. The summed E-state index contributed by atoms with van der Waals surface area (Å²) in [6.07, 6.45) is 1.89. The van der Waals surface area contributed by atoms with Crippen molar-refractivity contribution >= 4 is 29.0 Å². The van der Waals surface area contributed by atoms with Crippen LogP contribution in [0.25, 0.3) is 0 Å². The lowest BCUT2D eigenvalue weighted by atomic mass is 10.1. The number of thiocarbonyl (C=S) groups is 1. The van der Waals surface area contributed by atoms with Gasteiger partial charge in [0.25, 0.3) is 0 Å². The molecule has 0 aliphatic carbocycles. The monoisotopic (exact) mass is 353 g/mol. The van der Waals surface area contributed by atoms with Crippen molar-refractivity contribution in [2.24, 2.45) is 5.73 Å². The fourth-order valence-electron chi connectivity index (χ4n) is 2.73. The minimum atomic E-state index is -1.17. The van der Waals surface area contributed by atoms with Gasteiger partial charge in [0.2, 0.25) is 0 Å². The van der Waals surface area contributed by atoms with E-state index in [1.807, 2.05) is 6.92 Å². The molecule has 0 saturated carbocycles. The van der Waals surface area contributed by atoms with Crippen molar-refractivity contribution in [3.05, 3.63) is 23.8 Å². The third kappa shape index (κ3) is 5.35. The number of anilines is 1. The van der Waals surface area contributed by atoms with Crippen LogP contribution in [0.2, 0.25) is 0 Å². The molecule has 7 heteroatoms. The normalized spacial score (nSPS) is 12.2. The van der Waals surface area contributed by atoms with E-state index in [1.54, 1.807) is 11.0 Å². The van der Waals surface area contributed by atoms with Gasteiger partial charge in [-0.05, 0) is 63.8 Å². The van der Waals surface area contributed by atoms with Gasteiger partial charge in [-0.15, -0.1) is 0 Å². The van der Waals surface area contributed by atoms with Crippen molar-refractivity contribution in [2.75, 3.05) is 24.5 Å². The van der Waals surface area contributed by atoms with E-state index in [4.69, 9.17) is 23.1 Å². The first-order valence-corrected chi connectivity index (χ1v) is 8.59. The Bertz CT molecular complexity index is 576. The lowest BCUT2D eigenvalue weighted by molar-refractivity contribution is 0.0694. The minimum Gasteiger partial charge on any atom is -0.507 e. The molecular weight excluding hydrogens is 326 g/mol. The first-order valence-electron chi connectivity index (χ1n) is 8.19. The van der Waals surface area contributed by atoms with Gasteiger partial charge in [0.05, 0.1) is 0 Å². The van der Waals surface area contributed by atoms with Crippen LogP contribution in [0.5, 0.6) is 5.75 Å². The van der Waals surface area contributed by atoms with Crippen molar-refractivity contribution in [2.45, 2.75) is 39.7 Å². The summed E-state index contributed by atoms with van der Waals surface area (Å²) in [5.41, 5.74) is 6.31. The molecule has 1 aromatic rings. The molecular formula is C17H27N3O3S. The highest BCUT2D eigenvalue weighted by atomic mass is 32.1. The lowest BCUT2D eigenvalue weighted by Gasteiger charge is -2.30. The highest BCUT2D eigenvalue weighted by Gasteiger charge is 2.19. The SMILES string of the molecule is CCN(CC)CCCC(C)N(C(N)=S)c1ccc(C(=O)O)c(O)c1. The standard InChI is InChI=1S/C17H27N3O3S/c1-4-19(5-2)10-6-7-12(3)20(17(18)24)13-8-9-14(16(22)23)15(21)11-13/h8-9,11-12,21H,4-7,10H2,1-3H3,(H2,18,24)(H,22,23). The predicted octanol–water partition coefficient (Wildman–Crippen LogP) is 2.65. The zero-order valence-corrected chi connectivity index (χ0v) is 15.3. The molecule has 1 atom stereocenters. The summed E-state index contributed by atoms with van der Waals surface area (Å²) in [5, 5.41) is 19.1. The Morgan fingerprint density at radius 2 is 1.96 bits per heavy atom. The molecule has 1 unspecified atom stereocenters. The Balaban J connectivity index is 2.85. The maximum Gasteiger partial charge on any atom is 0.339 e. The van der Waals surface area contributed by atoms with E-state index >= 15 is 0 Å². The minimum absolute atomic E-state index is 0.0492. The number of nitrogens with two attached hydrogens (primary N) is 1. The van der Waals surface area contributed by atoms with E-state index in [0.717, 1.165) is 32.5 Å². The molecule has 0 bridgehead atoms. The van der Waals surface area contributed by atoms with Gasteiger partial charge >= 0.3 is 5.97 Å². The number of aromatic hydroxyl groups is 1. The number of hydrogen-bond acceptors (Lipinski definition) is 4. The Kier molecular flexibility index (Phi) is 7.94. The van der Waals surface area contributed by atoms with E-state index in [-0.39, 0.29) is 22.5 Å². The van der Waals surface area contributed by atoms with Crippen LogP contribution < -0.4 is 10.6 Å². The molecule has 0 saturated heterocycles. The third-order valence-corrected chi connectivity index (χ3v) is 4.36. The largest absolute Gasteiger partial charge is 0.507 e. The molecule has 0 aliphatic rings. The smallest absolute Gasteiger partial charge is 0.339 e. The summed E-state index contributed by atoms with van der Waals surface area (Å²) in [6.45, 7) is 9.35. The van der Waals surface area contributed by atoms with Gasteiger partial charge in [0, 0.05) is 17.8 Å². The first-order chi connectivity index (χ1) is 11.3. The van der Waals surface area contributed by atoms with E-state index in [0.29, 0.717) is 5.69 Å². The van der Waals surface area contributed by atoms with Crippen LogP contribution in [0.4, 0.5) is 5.69 Å². The average molecular weight is 353 g/mol. The van der Waals surface area contributed by atoms with Gasteiger partial charge in [-0.3, -0.25) is 0 Å². The number of carbonyl (C=O) groups is 1. The summed E-state index contributed by atoms with van der Waals surface area (Å²) < 4.78 is 0. The van der Waals surface area contributed by atoms with Gasteiger partial charge in [-0.25, -0.2) is 4.79 Å². The Hall–Kier alpha value is -1.86. The lowest BCUT2D eigenvalue weighted by Crippen LogP contribution is -2.42. The van der Waals surface area contributed by atoms with Crippen LogP contribution >= 0.6 is 12.2 Å². The van der Waals surface area contributed by atoms with Gasteiger partial charge in [-0.1, -0.05) is 13.8 Å². The number of rotatable bonds is 9. The van der Waals surface area contributed by atoms with E-state index in [2.05, 4.69) is 18.7 Å². The van der Waals surface area contributed by atoms with Crippen LogP contribution in [0.3, 0.4) is 0 Å². The quantitative estimate of drug-likeness (QED) is 0.588. The molecule has 1 rings (SSSR count). The molecule has 0 aromatic heterocycles. The van der Waals surface area contributed by atoms with Crippen molar-refractivity contribution < 1.29 is 15.0 Å². The van der Waals surface area contributed by atoms with Crippen LogP contribution in [-0.2, 0) is 0 Å². The highest BCUT2D eigenvalue weighted by Crippen LogP contribution is 2.27. The van der Waals surface area contributed by atoms with Crippen LogP contribution in [0.1, 0.15) is 44.0 Å². The van der Waals surface area contributed by atoms with Gasteiger partial charge in [0.1, 0.15) is 11.3 Å². The van der Waals surface area contributed by atoms with E-state index in [1.165, 1.54) is 12.1 Å². The number of benzene rings is 1. The van der Waals surface area contributed by atoms with Crippen molar-refractivity contribution in [1.82, 2.24) is 4.90 Å². The van der Waals surface area contributed by atoms with Crippen molar-refractivity contribution in [3.63, 3.8) is 0 Å². The second-order valence-electron chi connectivity index (χ2n) is 5.73. The summed E-state index contributed by atoms with van der Waals surface area (Å²) >= 11 is 5.15. The average Bonchev–Trinajstić information content (AvgIpc) is 2.51. The summed E-state index contributed by atoms with van der Waals surface area (Å²) in [4.78, 5) is 15.1. The number of carboxylic acid groups (broad SMARTS) is 1. The third-order valence-electron chi connectivity index (χ3n) is 4.16. The van der Waals surface area contributed by atoms with Crippen LogP contribution in [0, 0.1) is 0 Å². The second kappa shape index (κ2) is 9.44. The maximum absolute atomic E-state index is 11.0. The number of phenols is 1. The summed E-state index contributed by atoms with van der Waals surface area (Å²) in [6, 6.07) is 4.42. The molecule has 4 N–H and O–H groups in total. The molecule has 0 radical (unpaired) electrons.